The first-order chi connectivity index (χ1) is 13.8. The molecule has 3 rings (SSSR count). The topological polar surface area (TPSA) is 47.3 Å². The highest BCUT2D eigenvalue weighted by Gasteiger charge is 2.31. The minimum atomic E-state index is -4.46. The summed E-state index contributed by atoms with van der Waals surface area (Å²) in [5.74, 6) is 0.316. The smallest absolute Gasteiger partial charge is 0.380 e. The first-order valence-corrected chi connectivity index (χ1v) is 10.1. The zero-order valence-corrected chi connectivity index (χ0v) is 17.6. The Morgan fingerprint density at radius 3 is 2.59 bits per heavy atom. The first kappa shape index (κ1) is 21.8. The standard InChI is InChI=1S/C21H20F3IN2O2/c22-21(23,24)17-9-4-8-16(12-17)19(28)20-26-18(25)13-27(20)10-5-11-29-14-15-6-2-1-3-7-15/h1-4,6-9,12-13,19,28H,5,10-11,14H2. The van der Waals surface area contributed by atoms with Gasteiger partial charge in [-0.3, -0.25) is 0 Å². The molecule has 0 aliphatic rings. The van der Waals surface area contributed by atoms with Crippen molar-refractivity contribution in [2.75, 3.05) is 6.61 Å². The summed E-state index contributed by atoms with van der Waals surface area (Å²) in [5.41, 5.74) is 0.449. The van der Waals surface area contributed by atoms with Crippen LogP contribution in [0.25, 0.3) is 0 Å². The molecule has 0 amide bonds. The second-order valence-corrected chi connectivity index (χ2v) is 7.64. The van der Waals surface area contributed by atoms with E-state index < -0.39 is 17.8 Å². The van der Waals surface area contributed by atoms with Gasteiger partial charge in [0.2, 0.25) is 0 Å². The number of ether oxygens (including phenoxy) is 1. The molecule has 0 saturated heterocycles. The monoisotopic (exact) mass is 516 g/mol. The zero-order valence-electron chi connectivity index (χ0n) is 15.4. The Balaban J connectivity index is 1.62. The van der Waals surface area contributed by atoms with Crippen LogP contribution < -0.4 is 0 Å². The number of halogens is 4. The van der Waals surface area contributed by atoms with Gasteiger partial charge in [-0.1, -0.05) is 42.5 Å². The van der Waals surface area contributed by atoms with Crippen molar-refractivity contribution in [2.24, 2.45) is 0 Å². The van der Waals surface area contributed by atoms with Gasteiger partial charge in [0.25, 0.3) is 0 Å². The normalized spacial score (nSPS) is 12.9. The third-order valence-electron chi connectivity index (χ3n) is 4.35. The van der Waals surface area contributed by atoms with Gasteiger partial charge >= 0.3 is 6.18 Å². The number of imidazole rings is 1. The molecule has 2 aromatic carbocycles. The molecule has 1 heterocycles. The maximum absolute atomic E-state index is 13.0. The van der Waals surface area contributed by atoms with Gasteiger partial charge in [-0.25, -0.2) is 4.98 Å². The van der Waals surface area contributed by atoms with Crippen molar-refractivity contribution in [3.05, 3.63) is 87.0 Å². The number of aliphatic hydroxyl groups is 1. The Morgan fingerprint density at radius 2 is 1.86 bits per heavy atom. The number of hydrogen-bond acceptors (Lipinski definition) is 3. The molecular formula is C21H20F3IN2O2. The summed E-state index contributed by atoms with van der Waals surface area (Å²) in [5, 5.41) is 10.6. The van der Waals surface area contributed by atoms with E-state index in [9.17, 15) is 18.3 Å². The summed E-state index contributed by atoms with van der Waals surface area (Å²) >= 11 is 2.02. The summed E-state index contributed by atoms with van der Waals surface area (Å²) in [6.07, 6.45) is -3.26. The van der Waals surface area contributed by atoms with Crippen molar-refractivity contribution in [1.29, 1.82) is 0 Å². The van der Waals surface area contributed by atoms with Crippen LogP contribution in [0.2, 0.25) is 0 Å². The molecule has 29 heavy (non-hydrogen) atoms. The van der Waals surface area contributed by atoms with Crippen LogP contribution in [0.5, 0.6) is 0 Å². The average Bonchev–Trinajstić information content (AvgIpc) is 3.08. The van der Waals surface area contributed by atoms with Crippen LogP contribution in [0.15, 0.2) is 60.8 Å². The fourth-order valence-corrected chi connectivity index (χ4v) is 3.51. The zero-order chi connectivity index (χ0) is 20.9. The Labute approximate surface area is 180 Å². The highest BCUT2D eigenvalue weighted by molar-refractivity contribution is 14.1. The van der Waals surface area contributed by atoms with Crippen molar-refractivity contribution in [1.82, 2.24) is 9.55 Å². The van der Waals surface area contributed by atoms with Crippen molar-refractivity contribution >= 4 is 22.6 Å². The van der Waals surface area contributed by atoms with Gasteiger partial charge in [0.1, 0.15) is 15.6 Å². The lowest BCUT2D eigenvalue weighted by molar-refractivity contribution is -0.137. The molecule has 1 aromatic heterocycles. The van der Waals surface area contributed by atoms with Crippen LogP contribution in [0.3, 0.4) is 0 Å². The molecule has 154 valence electrons. The van der Waals surface area contributed by atoms with Crippen LogP contribution in [-0.4, -0.2) is 21.3 Å². The van der Waals surface area contributed by atoms with Gasteiger partial charge in [0.05, 0.1) is 12.2 Å². The van der Waals surface area contributed by atoms with Crippen molar-refractivity contribution in [3.63, 3.8) is 0 Å². The van der Waals surface area contributed by atoms with E-state index in [1.165, 1.54) is 12.1 Å². The number of hydrogen-bond donors (Lipinski definition) is 1. The minimum absolute atomic E-state index is 0.156. The molecule has 1 N–H and O–H groups in total. The SMILES string of the molecule is OC(c1cccc(C(F)(F)F)c1)c1nc(I)cn1CCCOCc1ccccc1. The summed E-state index contributed by atoms with van der Waals surface area (Å²) in [7, 11) is 0. The van der Waals surface area contributed by atoms with Gasteiger partial charge in [0.15, 0.2) is 0 Å². The summed E-state index contributed by atoms with van der Waals surface area (Å²) in [6, 6.07) is 14.5. The number of aromatic nitrogens is 2. The van der Waals surface area contributed by atoms with Crippen LogP contribution in [0.4, 0.5) is 13.2 Å². The van der Waals surface area contributed by atoms with Gasteiger partial charge in [-0.05, 0) is 52.3 Å². The fraction of sp³-hybridized carbons (Fsp3) is 0.286. The third-order valence-corrected chi connectivity index (χ3v) is 4.87. The van der Waals surface area contributed by atoms with E-state index in [1.54, 1.807) is 10.8 Å². The second-order valence-electron chi connectivity index (χ2n) is 6.53. The Morgan fingerprint density at radius 1 is 1.10 bits per heavy atom. The van der Waals surface area contributed by atoms with Gasteiger partial charge in [-0.2, -0.15) is 13.2 Å². The first-order valence-electron chi connectivity index (χ1n) is 9.04. The third kappa shape index (κ3) is 6.03. The molecule has 4 nitrogen and oxygen atoms in total. The lowest BCUT2D eigenvalue weighted by atomic mass is 10.1. The van der Waals surface area contributed by atoms with Gasteiger partial charge in [-0.15, -0.1) is 0 Å². The molecule has 3 aromatic rings. The van der Waals surface area contributed by atoms with Gasteiger partial charge < -0.3 is 14.4 Å². The molecule has 0 spiro atoms. The Hall–Kier alpha value is -1.91. The maximum atomic E-state index is 13.0. The van der Waals surface area contributed by atoms with Crippen LogP contribution in [0, 0.1) is 3.70 Å². The van der Waals surface area contributed by atoms with Crippen molar-refractivity contribution in [3.8, 4) is 0 Å². The number of nitrogens with zero attached hydrogens (tertiary/aromatic N) is 2. The van der Waals surface area contributed by atoms with E-state index in [0.29, 0.717) is 35.7 Å². The molecule has 0 fully saturated rings. The highest BCUT2D eigenvalue weighted by atomic mass is 127. The van der Waals surface area contributed by atoms with Crippen LogP contribution >= 0.6 is 22.6 Å². The van der Waals surface area contributed by atoms with Gasteiger partial charge in [0, 0.05) is 19.3 Å². The van der Waals surface area contributed by atoms with E-state index in [4.69, 9.17) is 4.74 Å². The fourth-order valence-electron chi connectivity index (χ4n) is 2.93. The van der Waals surface area contributed by atoms with Crippen molar-refractivity contribution < 1.29 is 23.0 Å². The number of aliphatic hydroxyl groups excluding tert-OH is 1. The molecule has 0 saturated carbocycles. The quantitative estimate of drug-likeness (QED) is 0.331. The molecular weight excluding hydrogens is 496 g/mol. The Bertz CT molecular complexity index is 929. The molecule has 0 bridgehead atoms. The van der Waals surface area contributed by atoms with E-state index in [2.05, 4.69) is 4.98 Å². The van der Waals surface area contributed by atoms with E-state index >= 15 is 0 Å². The van der Waals surface area contributed by atoms with Crippen LogP contribution in [-0.2, 0) is 24.1 Å². The maximum Gasteiger partial charge on any atom is 0.416 e. The summed E-state index contributed by atoms with van der Waals surface area (Å²) in [4.78, 5) is 4.30. The minimum Gasteiger partial charge on any atom is -0.380 e. The van der Waals surface area contributed by atoms with E-state index in [-0.39, 0.29) is 5.56 Å². The highest BCUT2D eigenvalue weighted by Crippen LogP contribution is 2.32. The molecule has 1 unspecified atom stereocenters. The average molecular weight is 516 g/mol. The van der Waals surface area contributed by atoms with Crippen LogP contribution in [0.1, 0.15) is 35.0 Å². The molecule has 0 aliphatic heterocycles. The van der Waals surface area contributed by atoms with E-state index in [1.807, 2.05) is 52.9 Å². The lowest BCUT2D eigenvalue weighted by Gasteiger charge is -2.15. The summed E-state index contributed by atoms with van der Waals surface area (Å²) < 4.78 is 47.0. The summed E-state index contributed by atoms with van der Waals surface area (Å²) in [6.45, 7) is 1.57. The molecule has 8 heteroatoms. The molecule has 1 atom stereocenters. The molecule has 0 aliphatic carbocycles. The second kappa shape index (κ2) is 9.73. The Kier molecular flexibility index (Phi) is 7.31. The number of rotatable bonds is 8. The lowest BCUT2D eigenvalue weighted by Crippen LogP contribution is -2.12. The predicted molar refractivity (Wildman–Crippen MR) is 111 cm³/mol. The molecule has 0 radical (unpaired) electrons. The number of alkyl halides is 3. The predicted octanol–water partition coefficient (Wildman–Crippen LogP) is 5.20. The number of benzene rings is 2. The van der Waals surface area contributed by atoms with E-state index in [0.717, 1.165) is 17.7 Å². The number of aryl methyl sites for hydroxylation is 1. The largest absolute Gasteiger partial charge is 0.416 e. The van der Waals surface area contributed by atoms with Crippen molar-refractivity contribution in [2.45, 2.75) is 31.9 Å².